The van der Waals surface area contributed by atoms with Gasteiger partial charge in [0.05, 0.1) is 5.52 Å². The molecule has 0 aliphatic heterocycles. The SMILES string of the molecule is Clc1nc(N(CC2CCCCC2)c2ccccc2)c2ccccc2n1. The standard InChI is InChI=1S/C21H22ClN3/c22-21-23-19-14-8-7-13-18(19)20(24-21)25(17-11-5-2-6-12-17)15-16-9-3-1-4-10-16/h2,5-8,11-14,16H,1,3-4,9-10,15H2. The van der Waals surface area contributed by atoms with Crippen molar-refractivity contribution in [3.8, 4) is 0 Å². The minimum Gasteiger partial charge on any atom is -0.325 e. The number of hydrogen-bond acceptors (Lipinski definition) is 3. The van der Waals surface area contributed by atoms with Crippen LogP contribution in [0, 0.1) is 5.92 Å². The Bertz CT molecular complexity index is 844. The summed E-state index contributed by atoms with van der Waals surface area (Å²) >= 11 is 6.25. The maximum atomic E-state index is 6.25. The zero-order valence-electron chi connectivity index (χ0n) is 14.2. The topological polar surface area (TPSA) is 29.0 Å². The molecule has 0 N–H and O–H groups in total. The van der Waals surface area contributed by atoms with E-state index in [-0.39, 0.29) is 0 Å². The van der Waals surface area contributed by atoms with E-state index in [1.165, 1.54) is 32.1 Å². The van der Waals surface area contributed by atoms with Gasteiger partial charge >= 0.3 is 0 Å². The Kier molecular flexibility index (Phi) is 4.84. The van der Waals surface area contributed by atoms with Crippen molar-refractivity contribution < 1.29 is 0 Å². The van der Waals surface area contributed by atoms with E-state index in [1.54, 1.807) is 0 Å². The molecule has 25 heavy (non-hydrogen) atoms. The first-order chi connectivity index (χ1) is 12.3. The minimum absolute atomic E-state index is 0.304. The fraction of sp³-hybridized carbons (Fsp3) is 0.333. The van der Waals surface area contributed by atoms with Gasteiger partial charge in [0.15, 0.2) is 0 Å². The molecule has 0 amide bonds. The van der Waals surface area contributed by atoms with Crippen LogP contribution in [0.3, 0.4) is 0 Å². The Labute approximate surface area is 153 Å². The lowest BCUT2D eigenvalue weighted by Gasteiger charge is -2.31. The Balaban J connectivity index is 1.80. The highest BCUT2D eigenvalue weighted by Gasteiger charge is 2.21. The van der Waals surface area contributed by atoms with Crippen molar-refractivity contribution in [1.82, 2.24) is 9.97 Å². The van der Waals surface area contributed by atoms with E-state index >= 15 is 0 Å². The Morgan fingerprint density at radius 2 is 1.60 bits per heavy atom. The molecule has 0 spiro atoms. The van der Waals surface area contributed by atoms with E-state index < -0.39 is 0 Å². The summed E-state index contributed by atoms with van der Waals surface area (Å²) in [6.45, 7) is 0.974. The molecular formula is C21H22ClN3. The number of nitrogens with zero attached hydrogens (tertiary/aromatic N) is 3. The first-order valence-electron chi connectivity index (χ1n) is 9.06. The molecule has 3 aromatic rings. The number of halogens is 1. The molecule has 1 heterocycles. The van der Waals surface area contributed by atoms with Gasteiger partial charge in [0, 0.05) is 17.6 Å². The molecule has 2 aromatic carbocycles. The van der Waals surface area contributed by atoms with E-state index in [0.717, 1.165) is 29.0 Å². The number of fused-ring (bicyclic) bond motifs is 1. The summed E-state index contributed by atoms with van der Waals surface area (Å²) in [6.07, 6.45) is 6.61. The Morgan fingerprint density at radius 3 is 2.40 bits per heavy atom. The van der Waals surface area contributed by atoms with Crippen LogP contribution in [0.2, 0.25) is 5.28 Å². The van der Waals surface area contributed by atoms with Crippen molar-refractivity contribution in [2.75, 3.05) is 11.4 Å². The third-order valence-electron chi connectivity index (χ3n) is 5.04. The average molecular weight is 352 g/mol. The molecular weight excluding hydrogens is 330 g/mol. The summed E-state index contributed by atoms with van der Waals surface area (Å²) in [5, 5.41) is 1.35. The molecule has 1 aliphatic carbocycles. The lowest BCUT2D eigenvalue weighted by Crippen LogP contribution is -2.27. The summed E-state index contributed by atoms with van der Waals surface area (Å²) in [5.41, 5.74) is 2.05. The van der Waals surface area contributed by atoms with Crippen LogP contribution >= 0.6 is 11.6 Å². The van der Waals surface area contributed by atoms with Crippen LogP contribution in [-0.4, -0.2) is 16.5 Å². The van der Waals surface area contributed by atoms with Gasteiger partial charge in [0.25, 0.3) is 0 Å². The Morgan fingerprint density at radius 1 is 0.880 bits per heavy atom. The quantitative estimate of drug-likeness (QED) is 0.539. The maximum Gasteiger partial charge on any atom is 0.224 e. The van der Waals surface area contributed by atoms with E-state index in [9.17, 15) is 0 Å². The van der Waals surface area contributed by atoms with Gasteiger partial charge in [-0.3, -0.25) is 0 Å². The molecule has 1 aliphatic rings. The van der Waals surface area contributed by atoms with E-state index in [2.05, 4.69) is 45.2 Å². The fourth-order valence-electron chi connectivity index (χ4n) is 3.79. The van der Waals surface area contributed by atoms with Crippen LogP contribution < -0.4 is 4.90 Å². The number of aromatic nitrogens is 2. The second-order valence-electron chi connectivity index (χ2n) is 6.78. The third kappa shape index (κ3) is 3.62. The second kappa shape index (κ2) is 7.40. The van der Waals surface area contributed by atoms with Gasteiger partial charge in [-0.15, -0.1) is 0 Å². The predicted molar refractivity (Wildman–Crippen MR) is 105 cm³/mol. The predicted octanol–water partition coefficient (Wildman–Crippen LogP) is 6.00. The van der Waals surface area contributed by atoms with E-state index in [4.69, 9.17) is 11.6 Å². The second-order valence-corrected chi connectivity index (χ2v) is 7.12. The van der Waals surface area contributed by atoms with Crippen molar-refractivity contribution >= 4 is 34.0 Å². The molecule has 4 rings (SSSR count). The van der Waals surface area contributed by atoms with E-state index in [1.807, 2.05) is 24.3 Å². The minimum atomic E-state index is 0.304. The lowest BCUT2D eigenvalue weighted by atomic mass is 9.88. The summed E-state index contributed by atoms with van der Waals surface area (Å²) in [7, 11) is 0. The van der Waals surface area contributed by atoms with Crippen LogP contribution in [0.5, 0.6) is 0 Å². The van der Waals surface area contributed by atoms with Gasteiger partial charge in [-0.1, -0.05) is 49.6 Å². The number of hydrogen-bond donors (Lipinski definition) is 0. The van der Waals surface area contributed by atoms with Crippen molar-refractivity contribution in [2.45, 2.75) is 32.1 Å². The molecule has 3 nitrogen and oxygen atoms in total. The number of para-hydroxylation sites is 2. The van der Waals surface area contributed by atoms with Crippen LogP contribution in [0.4, 0.5) is 11.5 Å². The highest BCUT2D eigenvalue weighted by molar-refractivity contribution is 6.28. The molecule has 0 saturated heterocycles. The highest BCUT2D eigenvalue weighted by Crippen LogP contribution is 2.34. The highest BCUT2D eigenvalue weighted by atomic mass is 35.5. The molecule has 1 fully saturated rings. The molecule has 0 bridgehead atoms. The molecule has 1 saturated carbocycles. The van der Waals surface area contributed by atoms with Gasteiger partial charge in [-0.05, 0) is 54.6 Å². The zero-order valence-corrected chi connectivity index (χ0v) is 15.0. The van der Waals surface area contributed by atoms with Crippen LogP contribution in [0.25, 0.3) is 10.9 Å². The van der Waals surface area contributed by atoms with Crippen LogP contribution in [0.1, 0.15) is 32.1 Å². The van der Waals surface area contributed by atoms with Crippen molar-refractivity contribution in [2.24, 2.45) is 5.92 Å². The molecule has 128 valence electrons. The fourth-order valence-corrected chi connectivity index (χ4v) is 3.96. The van der Waals surface area contributed by atoms with Gasteiger partial charge in [-0.2, -0.15) is 4.98 Å². The van der Waals surface area contributed by atoms with Crippen LogP contribution in [0.15, 0.2) is 54.6 Å². The van der Waals surface area contributed by atoms with Gasteiger partial charge in [0.2, 0.25) is 5.28 Å². The van der Waals surface area contributed by atoms with Gasteiger partial charge in [-0.25, -0.2) is 4.98 Å². The monoisotopic (exact) mass is 351 g/mol. The first-order valence-corrected chi connectivity index (χ1v) is 9.44. The van der Waals surface area contributed by atoms with E-state index in [0.29, 0.717) is 11.2 Å². The largest absolute Gasteiger partial charge is 0.325 e. The molecule has 1 aromatic heterocycles. The number of benzene rings is 2. The first kappa shape index (κ1) is 16.3. The zero-order chi connectivity index (χ0) is 17.1. The van der Waals surface area contributed by atoms with Gasteiger partial charge in [0.1, 0.15) is 5.82 Å². The lowest BCUT2D eigenvalue weighted by molar-refractivity contribution is 0.364. The van der Waals surface area contributed by atoms with Crippen molar-refractivity contribution in [3.05, 3.63) is 59.9 Å². The Hall–Kier alpha value is -2.13. The molecule has 0 unspecified atom stereocenters. The number of rotatable bonds is 4. The maximum absolute atomic E-state index is 6.25. The summed E-state index contributed by atoms with van der Waals surface area (Å²) in [6, 6.07) is 18.6. The summed E-state index contributed by atoms with van der Waals surface area (Å²) in [4.78, 5) is 11.3. The summed E-state index contributed by atoms with van der Waals surface area (Å²) < 4.78 is 0. The average Bonchev–Trinajstić information content (AvgIpc) is 2.67. The molecule has 4 heteroatoms. The van der Waals surface area contributed by atoms with Crippen LogP contribution in [-0.2, 0) is 0 Å². The third-order valence-corrected chi connectivity index (χ3v) is 5.21. The molecule has 0 atom stereocenters. The van der Waals surface area contributed by atoms with Crippen molar-refractivity contribution in [3.63, 3.8) is 0 Å². The summed E-state index contributed by atoms with van der Waals surface area (Å²) in [5.74, 6) is 1.61. The molecule has 0 radical (unpaired) electrons. The normalized spacial score (nSPS) is 15.4. The van der Waals surface area contributed by atoms with Gasteiger partial charge < -0.3 is 4.90 Å². The smallest absolute Gasteiger partial charge is 0.224 e. The van der Waals surface area contributed by atoms with Crippen molar-refractivity contribution in [1.29, 1.82) is 0 Å². The number of anilines is 2.